The van der Waals surface area contributed by atoms with Crippen molar-refractivity contribution >= 4 is 35.3 Å². The van der Waals surface area contributed by atoms with E-state index in [9.17, 15) is 14.0 Å². The fourth-order valence-electron chi connectivity index (χ4n) is 3.72. The molecule has 1 heterocycles. The number of anilines is 1. The van der Waals surface area contributed by atoms with E-state index in [2.05, 4.69) is 17.4 Å². The molecule has 1 atom stereocenters. The number of aryl methyl sites for hydroxylation is 1. The minimum absolute atomic E-state index is 0.0318. The average Bonchev–Trinajstić information content (AvgIpc) is 2.82. The summed E-state index contributed by atoms with van der Waals surface area (Å²) < 4.78 is 14.2. The van der Waals surface area contributed by atoms with Gasteiger partial charge in [-0.25, -0.2) is 4.39 Å². The average molecular weight is 461 g/mol. The third kappa shape index (κ3) is 5.71. The molecule has 0 bridgehead atoms. The van der Waals surface area contributed by atoms with Crippen LogP contribution in [0.2, 0.25) is 0 Å². The number of halogens is 1. The number of fused-ring (bicyclic) bond motifs is 1. The molecule has 0 saturated heterocycles. The summed E-state index contributed by atoms with van der Waals surface area (Å²) in [4.78, 5) is 28.8. The largest absolute Gasteiger partial charge is 0.352 e. The molecule has 0 aliphatic carbocycles. The first kappa shape index (κ1) is 22.8. The van der Waals surface area contributed by atoms with Gasteiger partial charge in [-0.05, 0) is 49.6 Å². The Morgan fingerprint density at radius 1 is 1.03 bits per heavy atom. The second kappa shape index (κ2) is 10.5. The van der Waals surface area contributed by atoms with Crippen LogP contribution in [0.15, 0.2) is 88.7 Å². The third-order valence-corrected chi connectivity index (χ3v) is 6.52. The molecule has 0 saturated carbocycles. The number of carbonyl (C=O) groups is 2. The molecule has 0 unspecified atom stereocenters. The highest BCUT2D eigenvalue weighted by atomic mass is 32.2. The molecule has 4 rings (SSSR count). The lowest BCUT2D eigenvalue weighted by Gasteiger charge is -2.30. The molecule has 0 spiro atoms. The van der Waals surface area contributed by atoms with Gasteiger partial charge in [0.05, 0.1) is 10.6 Å². The van der Waals surface area contributed by atoms with Gasteiger partial charge in [0.15, 0.2) is 0 Å². The lowest BCUT2D eigenvalue weighted by molar-refractivity contribution is -0.122. The highest BCUT2D eigenvalue weighted by Crippen LogP contribution is 2.42. The van der Waals surface area contributed by atoms with Crippen molar-refractivity contribution in [1.82, 2.24) is 5.32 Å². The van der Waals surface area contributed by atoms with Gasteiger partial charge >= 0.3 is 0 Å². The maximum absolute atomic E-state index is 14.2. The summed E-state index contributed by atoms with van der Waals surface area (Å²) in [5.41, 5.74) is 2.25. The number of carbonyl (C=O) groups excluding carboxylic acids is 2. The number of para-hydroxylation sites is 1. The maximum Gasteiger partial charge on any atom is 0.265 e. The second-order valence-electron chi connectivity index (χ2n) is 7.98. The predicted octanol–water partition coefficient (Wildman–Crippen LogP) is 5.44. The summed E-state index contributed by atoms with van der Waals surface area (Å²) in [7, 11) is 0. The highest BCUT2D eigenvalue weighted by Gasteiger charge is 2.30. The van der Waals surface area contributed by atoms with Crippen LogP contribution in [0.4, 0.5) is 10.1 Å². The van der Waals surface area contributed by atoms with Crippen molar-refractivity contribution in [3.8, 4) is 0 Å². The number of amides is 2. The van der Waals surface area contributed by atoms with Crippen LogP contribution in [0.25, 0.3) is 6.08 Å². The zero-order chi connectivity index (χ0) is 23.2. The monoisotopic (exact) mass is 460 g/mol. The molecular formula is C27H25FN2O2S. The van der Waals surface area contributed by atoms with E-state index in [-0.39, 0.29) is 24.4 Å². The normalized spacial score (nSPS) is 15.3. The smallest absolute Gasteiger partial charge is 0.265 e. The van der Waals surface area contributed by atoms with Crippen LogP contribution >= 0.6 is 11.8 Å². The van der Waals surface area contributed by atoms with Crippen molar-refractivity contribution in [2.45, 2.75) is 30.7 Å². The first-order valence-electron chi connectivity index (χ1n) is 10.9. The molecule has 1 N–H and O–H groups in total. The first-order valence-corrected chi connectivity index (χ1v) is 11.7. The summed E-state index contributed by atoms with van der Waals surface area (Å²) in [5, 5.41) is 3.00. The van der Waals surface area contributed by atoms with Crippen molar-refractivity contribution in [3.63, 3.8) is 0 Å². The standard InChI is InChI=1S/C27H25FN2O2S/c1-19(15-16-20-9-3-2-4-10-20)29-26(31)18-30-23-13-7-8-14-24(23)33-25(27(30)32)17-21-11-5-6-12-22(21)28/h2-14,17,19H,15-16,18H2,1H3,(H,29,31)/b25-17-/t19-/m1/s1. The van der Waals surface area contributed by atoms with Crippen LogP contribution in [-0.2, 0) is 16.0 Å². The van der Waals surface area contributed by atoms with E-state index in [1.165, 1.54) is 28.3 Å². The fourth-order valence-corrected chi connectivity index (χ4v) is 4.77. The van der Waals surface area contributed by atoms with E-state index < -0.39 is 5.82 Å². The van der Waals surface area contributed by atoms with Gasteiger partial charge in [-0.1, -0.05) is 72.4 Å². The summed E-state index contributed by atoms with van der Waals surface area (Å²) in [6, 6.07) is 23.9. The van der Waals surface area contributed by atoms with Crippen LogP contribution in [0.1, 0.15) is 24.5 Å². The van der Waals surface area contributed by atoms with Gasteiger partial charge < -0.3 is 5.32 Å². The predicted molar refractivity (Wildman–Crippen MR) is 131 cm³/mol. The van der Waals surface area contributed by atoms with Gasteiger partial charge in [-0.2, -0.15) is 0 Å². The number of rotatable bonds is 7. The number of nitrogens with zero attached hydrogens (tertiary/aromatic N) is 1. The number of nitrogens with one attached hydrogen (secondary N) is 1. The quantitative estimate of drug-likeness (QED) is 0.478. The zero-order valence-corrected chi connectivity index (χ0v) is 19.1. The van der Waals surface area contributed by atoms with Crippen molar-refractivity contribution < 1.29 is 14.0 Å². The Morgan fingerprint density at radius 3 is 2.52 bits per heavy atom. The number of thioether (sulfide) groups is 1. The van der Waals surface area contributed by atoms with E-state index in [1.54, 1.807) is 24.3 Å². The van der Waals surface area contributed by atoms with Gasteiger partial charge in [-0.3, -0.25) is 14.5 Å². The molecule has 1 aliphatic heterocycles. The molecule has 3 aromatic rings. The van der Waals surface area contributed by atoms with Crippen LogP contribution < -0.4 is 10.2 Å². The summed E-state index contributed by atoms with van der Waals surface area (Å²) in [5.74, 6) is -0.932. The van der Waals surface area contributed by atoms with E-state index in [0.29, 0.717) is 16.2 Å². The molecule has 2 amide bonds. The van der Waals surface area contributed by atoms with Crippen LogP contribution in [-0.4, -0.2) is 24.4 Å². The van der Waals surface area contributed by atoms with Crippen LogP contribution in [0, 0.1) is 5.82 Å². The van der Waals surface area contributed by atoms with Crippen LogP contribution in [0.5, 0.6) is 0 Å². The van der Waals surface area contributed by atoms with E-state index in [1.807, 2.05) is 49.4 Å². The summed E-state index contributed by atoms with van der Waals surface area (Å²) >= 11 is 1.29. The highest BCUT2D eigenvalue weighted by molar-refractivity contribution is 8.04. The Hall–Kier alpha value is -3.38. The summed E-state index contributed by atoms with van der Waals surface area (Å²) in [6.07, 6.45) is 3.21. The first-order chi connectivity index (χ1) is 16.0. The number of hydrogen-bond acceptors (Lipinski definition) is 3. The molecule has 3 aromatic carbocycles. The SMILES string of the molecule is C[C@H](CCc1ccccc1)NC(=O)CN1C(=O)/C(=C/c2ccccc2F)Sc2ccccc21. The van der Waals surface area contributed by atoms with Gasteiger partial charge in [0, 0.05) is 16.5 Å². The third-order valence-electron chi connectivity index (χ3n) is 5.44. The molecular weight excluding hydrogens is 435 g/mol. The second-order valence-corrected chi connectivity index (χ2v) is 9.07. The number of benzene rings is 3. The lowest BCUT2D eigenvalue weighted by Crippen LogP contribution is -2.45. The molecule has 6 heteroatoms. The molecule has 1 aliphatic rings. The molecule has 0 fully saturated rings. The Bertz CT molecular complexity index is 1180. The van der Waals surface area contributed by atoms with Crippen molar-refractivity contribution in [2.75, 3.05) is 11.4 Å². The molecule has 0 aromatic heterocycles. The van der Waals surface area contributed by atoms with Gasteiger partial charge in [0.1, 0.15) is 12.4 Å². The van der Waals surface area contributed by atoms with E-state index >= 15 is 0 Å². The molecule has 168 valence electrons. The number of hydrogen-bond donors (Lipinski definition) is 1. The lowest BCUT2D eigenvalue weighted by atomic mass is 10.1. The van der Waals surface area contributed by atoms with Crippen molar-refractivity contribution in [1.29, 1.82) is 0 Å². The molecule has 33 heavy (non-hydrogen) atoms. The molecule has 4 nitrogen and oxygen atoms in total. The molecule has 0 radical (unpaired) electrons. The van der Waals surface area contributed by atoms with E-state index in [4.69, 9.17) is 0 Å². The topological polar surface area (TPSA) is 49.4 Å². The Morgan fingerprint density at radius 2 is 1.73 bits per heavy atom. The Kier molecular flexibility index (Phi) is 7.25. The van der Waals surface area contributed by atoms with Crippen LogP contribution in [0.3, 0.4) is 0 Å². The van der Waals surface area contributed by atoms with Crippen molar-refractivity contribution in [2.24, 2.45) is 0 Å². The minimum atomic E-state index is -0.395. The van der Waals surface area contributed by atoms with Crippen molar-refractivity contribution in [3.05, 3.63) is 101 Å². The Balaban J connectivity index is 1.48. The van der Waals surface area contributed by atoms with Gasteiger partial charge in [0.2, 0.25) is 5.91 Å². The Labute approximate surface area is 197 Å². The minimum Gasteiger partial charge on any atom is -0.352 e. The van der Waals surface area contributed by atoms with Gasteiger partial charge in [-0.15, -0.1) is 0 Å². The van der Waals surface area contributed by atoms with Gasteiger partial charge in [0.25, 0.3) is 5.91 Å². The van der Waals surface area contributed by atoms with E-state index in [0.717, 1.165) is 17.7 Å². The maximum atomic E-state index is 14.2. The summed E-state index contributed by atoms with van der Waals surface area (Å²) in [6.45, 7) is 1.87. The zero-order valence-electron chi connectivity index (χ0n) is 18.3. The fraction of sp³-hybridized carbons (Fsp3) is 0.185.